The van der Waals surface area contributed by atoms with Gasteiger partial charge in [-0.05, 0) is 47.6 Å². The van der Waals surface area contributed by atoms with Crippen LogP contribution in [0.25, 0.3) is 0 Å². The predicted molar refractivity (Wildman–Crippen MR) is 82.4 cm³/mol. The Labute approximate surface area is 126 Å². The molecule has 1 heterocycles. The third kappa shape index (κ3) is 5.06. The highest BCUT2D eigenvalue weighted by Gasteiger charge is 2.07. The van der Waals surface area contributed by atoms with Gasteiger partial charge in [0.05, 0.1) is 15.2 Å². The fourth-order valence-corrected chi connectivity index (χ4v) is 2.11. The van der Waals surface area contributed by atoms with Gasteiger partial charge in [-0.25, -0.2) is 4.98 Å². The molecule has 7 heteroatoms. The number of halogens is 2. The number of methoxy groups -OCH3 is 1. The Morgan fingerprint density at radius 3 is 3.00 bits per heavy atom. The van der Waals surface area contributed by atoms with Gasteiger partial charge in [0, 0.05) is 20.3 Å². The third-order valence-electron chi connectivity index (χ3n) is 2.15. The fourth-order valence-electron chi connectivity index (χ4n) is 1.22. The zero-order chi connectivity index (χ0) is 13.5. The Hall–Kier alpha value is -0.430. The number of pyridine rings is 1. The Morgan fingerprint density at radius 2 is 2.33 bits per heavy atom. The first-order valence-electron chi connectivity index (χ1n) is 5.41. The molecule has 2 N–H and O–H groups in total. The topological polar surface area (TPSA) is 46.2 Å². The van der Waals surface area contributed by atoms with Crippen LogP contribution in [0.1, 0.15) is 12.1 Å². The Kier molecular flexibility index (Phi) is 6.85. The molecule has 0 radical (unpaired) electrons. The van der Waals surface area contributed by atoms with E-state index in [1.54, 1.807) is 13.2 Å². The van der Waals surface area contributed by atoms with E-state index in [1.807, 2.05) is 6.92 Å². The van der Waals surface area contributed by atoms with E-state index in [0.717, 1.165) is 23.1 Å². The molecule has 18 heavy (non-hydrogen) atoms. The molecule has 0 spiro atoms. The molecule has 4 nitrogen and oxygen atoms in total. The van der Waals surface area contributed by atoms with Crippen LogP contribution in [0.15, 0.2) is 10.5 Å². The van der Waals surface area contributed by atoms with Gasteiger partial charge in [0.2, 0.25) is 0 Å². The van der Waals surface area contributed by atoms with Crippen molar-refractivity contribution in [2.24, 2.45) is 0 Å². The Balaban J connectivity index is 2.51. The zero-order valence-electron chi connectivity index (χ0n) is 10.2. The van der Waals surface area contributed by atoms with Crippen LogP contribution in [-0.2, 0) is 4.74 Å². The van der Waals surface area contributed by atoms with Crippen molar-refractivity contribution in [3.63, 3.8) is 0 Å². The van der Waals surface area contributed by atoms with Crippen molar-refractivity contribution >= 4 is 50.7 Å². The quantitative estimate of drug-likeness (QED) is 0.630. The average molecular weight is 353 g/mol. The van der Waals surface area contributed by atoms with Gasteiger partial charge in [-0.3, -0.25) is 0 Å². The lowest BCUT2D eigenvalue weighted by atomic mass is 10.3. The van der Waals surface area contributed by atoms with E-state index in [-0.39, 0.29) is 0 Å². The smallest absolute Gasteiger partial charge is 0.171 e. The molecule has 0 aliphatic heterocycles. The van der Waals surface area contributed by atoms with Gasteiger partial charge in [-0.15, -0.1) is 0 Å². The van der Waals surface area contributed by atoms with E-state index in [2.05, 4.69) is 31.5 Å². The van der Waals surface area contributed by atoms with Crippen molar-refractivity contribution in [2.45, 2.75) is 13.3 Å². The van der Waals surface area contributed by atoms with Gasteiger partial charge in [0.25, 0.3) is 0 Å². The van der Waals surface area contributed by atoms with Crippen molar-refractivity contribution in [1.29, 1.82) is 0 Å². The number of hydrogen-bond donors (Lipinski definition) is 2. The molecular weight excluding hydrogens is 338 g/mol. The molecule has 0 saturated heterocycles. The molecule has 0 bridgehead atoms. The fraction of sp³-hybridized carbons (Fsp3) is 0.455. The predicted octanol–water partition coefficient (Wildman–Crippen LogP) is 3.13. The summed E-state index contributed by atoms with van der Waals surface area (Å²) in [4.78, 5) is 4.31. The van der Waals surface area contributed by atoms with Crippen LogP contribution in [-0.4, -0.2) is 30.4 Å². The van der Waals surface area contributed by atoms with Crippen molar-refractivity contribution in [3.8, 4) is 0 Å². The van der Waals surface area contributed by atoms with Crippen molar-refractivity contribution < 1.29 is 4.74 Å². The molecule has 0 aromatic carbocycles. The monoisotopic (exact) mass is 351 g/mol. The van der Waals surface area contributed by atoms with E-state index < -0.39 is 0 Å². The summed E-state index contributed by atoms with van der Waals surface area (Å²) >= 11 is 14.5. The van der Waals surface area contributed by atoms with E-state index >= 15 is 0 Å². The maximum atomic E-state index is 5.96. The van der Waals surface area contributed by atoms with E-state index in [4.69, 9.17) is 28.6 Å². The molecule has 0 amide bonds. The number of aromatic nitrogens is 1. The molecule has 0 unspecified atom stereocenters. The van der Waals surface area contributed by atoms with Crippen LogP contribution < -0.4 is 10.6 Å². The van der Waals surface area contributed by atoms with Crippen LogP contribution in [0.5, 0.6) is 0 Å². The van der Waals surface area contributed by atoms with Gasteiger partial charge in [-0.2, -0.15) is 0 Å². The summed E-state index contributed by atoms with van der Waals surface area (Å²) in [6.45, 7) is 3.30. The molecule has 0 atom stereocenters. The van der Waals surface area contributed by atoms with E-state index in [9.17, 15) is 0 Å². The summed E-state index contributed by atoms with van der Waals surface area (Å²) < 4.78 is 5.73. The third-order valence-corrected chi connectivity index (χ3v) is 3.38. The number of aryl methyl sites for hydroxylation is 1. The largest absolute Gasteiger partial charge is 0.385 e. The van der Waals surface area contributed by atoms with Crippen LogP contribution >= 0.6 is 39.7 Å². The number of anilines is 1. The zero-order valence-corrected chi connectivity index (χ0v) is 13.4. The second-order valence-corrected chi connectivity index (χ2v) is 5.28. The number of thiocarbonyl (C=S) groups is 1. The number of rotatable bonds is 5. The van der Waals surface area contributed by atoms with Gasteiger partial charge < -0.3 is 15.4 Å². The van der Waals surface area contributed by atoms with Crippen LogP contribution in [0.4, 0.5) is 5.82 Å². The van der Waals surface area contributed by atoms with Crippen molar-refractivity contribution in [1.82, 2.24) is 10.3 Å². The summed E-state index contributed by atoms with van der Waals surface area (Å²) in [5.74, 6) is 0.654. The molecule has 100 valence electrons. The lowest BCUT2D eigenvalue weighted by Gasteiger charge is -2.12. The van der Waals surface area contributed by atoms with Crippen LogP contribution in [0, 0.1) is 6.92 Å². The van der Waals surface area contributed by atoms with Crippen LogP contribution in [0.3, 0.4) is 0 Å². The maximum Gasteiger partial charge on any atom is 0.171 e. The molecular formula is C11H15BrClN3OS. The summed E-state index contributed by atoms with van der Waals surface area (Å²) in [6.07, 6.45) is 0.895. The molecule has 1 aromatic heterocycles. The Bertz CT molecular complexity index is 431. The molecule has 0 saturated carbocycles. The molecule has 1 rings (SSSR count). The van der Waals surface area contributed by atoms with Gasteiger partial charge >= 0.3 is 0 Å². The van der Waals surface area contributed by atoms with Gasteiger partial charge in [-0.1, -0.05) is 11.6 Å². The lowest BCUT2D eigenvalue weighted by Crippen LogP contribution is -2.30. The highest BCUT2D eigenvalue weighted by atomic mass is 79.9. The first kappa shape index (κ1) is 15.6. The normalized spacial score (nSPS) is 10.2. The summed E-state index contributed by atoms with van der Waals surface area (Å²) in [6, 6.07) is 1.79. The molecule has 0 fully saturated rings. The van der Waals surface area contributed by atoms with Gasteiger partial charge in [0.1, 0.15) is 5.82 Å². The minimum absolute atomic E-state index is 0.529. The number of nitrogens with one attached hydrogen (secondary N) is 2. The first-order valence-corrected chi connectivity index (χ1v) is 6.99. The standard InChI is InChI=1S/C11H15BrClN3OS/c1-7-9(13)6-8(12)10(15-7)16-11(18)14-4-3-5-17-2/h6H,3-5H2,1-2H3,(H2,14,15,16,18). The minimum atomic E-state index is 0.529. The second-order valence-electron chi connectivity index (χ2n) is 3.61. The molecule has 1 aromatic rings. The molecule has 0 aliphatic rings. The number of nitrogens with zero attached hydrogens (tertiary/aromatic N) is 1. The van der Waals surface area contributed by atoms with E-state index in [1.165, 1.54) is 0 Å². The lowest BCUT2D eigenvalue weighted by molar-refractivity contribution is 0.196. The van der Waals surface area contributed by atoms with Crippen molar-refractivity contribution in [3.05, 3.63) is 21.3 Å². The minimum Gasteiger partial charge on any atom is -0.385 e. The summed E-state index contributed by atoms with van der Waals surface area (Å²) in [5.41, 5.74) is 0.754. The Morgan fingerprint density at radius 1 is 1.61 bits per heavy atom. The second kappa shape index (κ2) is 7.89. The van der Waals surface area contributed by atoms with Crippen LogP contribution in [0.2, 0.25) is 5.02 Å². The number of ether oxygens (including phenoxy) is 1. The first-order chi connectivity index (χ1) is 8.54. The molecule has 0 aliphatic carbocycles. The van der Waals surface area contributed by atoms with E-state index in [0.29, 0.717) is 22.6 Å². The highest BCUT2D eigenvalue weighted by molar-refractivity contribution is 9.10. The van der Waals surface area contributed by atoms with Crippen molar-refractivity contribution in [2.75, 3.05) is 25.6 Å². The highest BCUT2D eigenvalue weighted by Crippen LogP contribution is 2.25. The summed E-state index contributed by atoms with van der Waals surface area (Å²) in [5, 5.41) is 7.24. The maximum absolute atomic E-state index is 5.96. The average Bonchev–Trinajstić information content (AvgIpc) is 2.32. The van der Waals surface area contributed by atoms with Gasteiger partial charge in [0.15, 0.2) is 5.11 Å². The number of hydrogen-bond acceptors (Lipinski definition) is 3. The summed E-state index contributed by atoms with van der Waals surface area (Å²) in [7, 11) is 1.67. The SMILES string of the molecule is COCCCNC(=S)Nc1nc(C)c(Cl)cc1Br.